The van der Waals surface area contributed by atoms with Crippen molar-refractivity contribution in [3.8, 4) is 5.75 Å². The molecule has 3 rings (SSSR count). The summed E-state index contributed by atoms with van der Waals surface area (Å²) in [5.74, 6) is 0.748. The van der Waals surface area contributed by atoms with E-state index in [2.05, 4.69) is 4.98 Å². The third kappa shape index (κ3) is 2.53. The zero-order valence-corrected chi connectivity index (χ0v) is 11.4. The average molecular weight is 293 g/mol. The Balaban J connectivity index is 1.84. The summed E-state index contributed by atoms with van der Waals surface area (Å²) in [4.78, 5) is 4.30. The topological polar surface area (TPSA) is 26.5 Å². The van der Waals surface area contributed by atoms with Gasteiger partial charge in [-0.3, -0.25) is 4.40 Å². The molecule has 0 N–H and O–H groups in total. The highest BCUT2D eigenvalue weighted by Gasteiger charge is 2.09. The summed E-state index contributed by atoms with van der Waals surface area (Å²) in [7, 11) is 0. The summed E-state index contributed by atoms with van der Waals surface area (Å²) in [6, 6.07) is 13.0. The second kappa shape index (κ2) is 5.11. The Labute approximate surface area is 120 Å². The lowest BCUT2D eigenvalue weighted by atomic mass is 10.3. The number of imidazole rings is 1. The van der Waals surface area contributed by atoms with Gasteiger partial charge in [0.1, 0.15) is 18.1 Å². The first-order valence-electron chi connectivity index (χ1n) is 5.74. The van der Waals surface area contributed by atoms with Gasteiger partial charge >= 0.3 is 0 Å². The monoisotopic (exact) mass is 292 g/mol. The number of ether oxygens (including phenoxy) is 1. The van der Waals surface area contributed by atoms with Gasteiger partial charge in [-0.15, -0.1) is 0 Å². The van der Waals surface area contributed by atoms with E-state index >= 15 is 0 Å². The van der Waals surface area contributed by atoms with E-state index < -0.39 is 0 Å². The van der Waals surface area contributed by atoms with Crippen molar-refractivity contribution in [2.75, 3.05) is 0 Å². The second-order valence-electron chi connectivity index (χ2n) is 4.03. The second-order valence-corrected chi connectivity index (χ2v) is 4.80. The Morgan fingerprint density at radius 3 is 2.63 bits per heavy atom. The predicted octanol–water partition coefficient (Wildman–Crippen LogP) is 4.22. The van der Waals surface area contributed by atoms with Gasteiger partial charge in [0, 0.05) is 11.2 Å². The van der Waals surface area contributed by atoms with E-state index in [0.29, 0.717) is 16.9 Å². The van der Waals surface area contributed by atoms with Crippen LogP contribution in [0.15, 0.2) is 48.7 Å². The fraction of sp³-hybridized carbons (Fsp3) is 0.0714. The molecule has 19 heavy (non-hydrogen) atoms. The lowest BCUT2D eigenvalue weighted by Crippen LogP contribution is -1.96. The van der Waals surface area contributed by atoms with E-state index in [-0.39, 0.29) is 0 Å². The molecule has 2 heterocycles. The molecule has 0 amide bonds. The van der Waals surface area contributed by atoms with Crippen molar-refractivity contribution < 1.29 is 4.74 Å². The normalized spacial score (nSPS) is 10.8. The number of nitrogens with zero attached hydrogens (tertiary/aromatic N) is 2. The first kappa shape index (κ1) is 12.3. The SMILES string of the molecule is Clc1ccc(OCc2nc(Cl)n3ccccc23)cc1. The van der Waals surface area contributed by atoms with Gasteiger partial charge in [-0.1, -0.05) is 17.7 Å². The first-order valence-corrected chi connectivity index (χ1v) is 6.49. The molecule has 0 saturated carbocycles. The Morgan fingerprint density at radius 1 is 1.05 bits per heavy atom. The van der Waals surface area contributed by atoms with Gasteiger partial charge in [-0.2, -0.15) is 0 Å². The molecule has 0 fully saturated rings. The van der Waals surface area contributed by atoms with E-state index in [1.165, 1.54) is 0 Å². The molecular formula is C14H10Cl2N2O. The van der Waals surface area contributed by atoms with E-state index in [0.717, 1.165) is 17.0 Å². The molecule has 3 nitrogen and oxygen atoms in total. The van der Waals surface area contributed by atoms with Crippen LogP contribution < -0.4 is 4.74 Å². The minimum absolute atomic E-state index is 0.363. The van der Waals surface area contributed by atoms with Crippen molar-refractivity contribution in [1.82, 2.24) is 9.38 Å². The van der Waals surface area contributed by atoms with Crippen LogP contribution in [0.5, 0.6) is 5.75 Å². The molecule has 3 aromatic rings. The van der Waals surface area contributed by atoms with Gasteiger partial charge in [0.05, 0.1) is 5.52 Å². The number of hydrogen-bond acceptors (Lipinski definition) is 2. The molecule has 0 radical (unpaired) electrons. The number of rotatable bonds is 3. The number of fused-ring (bicyclic) bond motifs is 1. The highest BCUT2D eigenvalue weighted by atomic mass is 35.5. The number of aromatic nitrogens is 2. The number of benzene rings is 1. The number of halogens is 2. The van der Waals surface area contributed by atoms with Gasteiger partial charge in [-0.25, -0.2) is 4.98 Å². The molecule has 0 atom stereocenters. The maximum absolute atomic E-state index is 6.06. The van der Waals surface area contributed by atoms with Crippen LogP contribution in [0.3, 0.4) is 0 Å². The van der Waals surface area contributed by atoms with E-state index in [4.69, 9.17) is 27.9 Å². The standard InChI is InChI=1S/C14H10Cl2N2O/c15-10-4-6-11(7-5-10)19-9-12-13-3-1-2-8-18(13)14(16)17-12/h1-8H,9H2. The van der Waals surface area contributed by atoms with E-state index in [1.807, 2.05) is 40.9 Å². The highest BCUT2D eigenvalue weighted by Crippen LogP contribution is 2.20. The summed E-state index contributed by atoms with van der Waals surface area (Å²) in [6.07, 6.45) is 1.87. The predicted molar refractivity (Wildman–Crippen MR) is 76.0 cm³/mol. The van der Waals surface area contributed by atoms with Crippen LogP contribution in [0, 0.1) is 0 Å². The quantitative estimate of drug-likeness (QED) is 0.722. The van der Waals surface area contributed by atoms with Crippen molar-refractivity contribution in [3.63, 3.8) is 0 Å². The summed E-state index contributed by atoms with van der Waals surface area (Å²) < 4.78 is 7.50. The van der Waals surface area contributed by atoms with Crippen LogP contribution in [0.25, 0.3) is 5.52 Å². The summed E-state index contributed by atoms with van der Waals surface area (Å²) in [5, 5.41) is 1.12. The fourth-order valence-corrected chi connectivity index (χ4v) is 2.23. The Kier molecular flexibility index (Phi) is 3.32. The van der Waals surface area contributed by atoms with Crippen molar-refractivity contribution in [1.29, 1.82) is 0 Å². The third-order valence-corrected chi connectivity index (χ3v) is 3.29. The average Bonchev–Trinajstić information content (AvgIpc) is 2.76. The Hall–Kier alpha value is -1.71. The van der Waals surface area contributed by atoms with Crippen LogP contribution in [0.2, 0.25) is 10.3 Å². The van der Waals surface area contributed by atoms with E-state index in [9.17, 15) is 0 Å². The molecule has 2 aromatic heterocycles. The Bertz CT molecular complexity index is 707. The van der Waals surface area contributed by atoms with Gasteiger partial charge in [0.25, 0.3) is 0 Å². The maximum atomic E-state index is 6.06. The van der Waals surface area contributed by atoms with E-state index in [1.54, 1.807) is 12.1 Å². The highest BCUT2D eigenvalue weighted by molar-refractivity contribution is 6.30. The molecule has 1 aromatic carbocycles. The van der Waals surface area contributed by atoms with Crippen LogP contribution in [0.1, 0.15) is 5.69 Å². The molecule has 96 valence electrons. The lowest BCUT2D eigenvalue weighted by Gasteiger charge is -2.04. The van der Waals surface area contributed by atoms with Crippen LogP contribution in [0.4, 0.5) is 0 Å². The van der Waals surface area contributed by atoms with Crippen LogP contribution >= 0.6 is 23.2 Å². The zero-order chi connectivity index (χ0) is 13.2. The first-order chi connectivity index (χ1) is 9.24. The molecule has 5 heteroatoms. The zero-order valence-electron chi connectivity index (χ0n) is 9.88. The minimum atomic E-state index is 0.363. The van der Waals surface area contributed by atoms with Crippen molar-refractivity contribution >= 4 is 28.7 Å². The molecular weight excluding hydrogens is 283 g/mol. The smallest absolute Gasteiger partial charge is 0.207 e. The van der Waals surface area contributed by atoms with Gasteiger partial charge in [0.15, 0.2) is 0 Å². The molecule has 0 saturated heterocycles. The lowest BCUT2D eigenvalue weighted by molar-refractivity contribution is 0.303. The van der Waals surface area contributed by atoms with Gasteiger partial charge in [0.2, 0.25) is 5.28 Å². The van der Waals surface area contributed by atoms with Crippen LogP contribution in [-0.4, -0.2) is 9.38 Å². The molecule has 0 unspecified atom stereocenters. The fourth-order valence-electron chi connectivity index (χ4n) is 1.85. The molecule has 0 aliphatic rings. The van der Waals surface area contributed by atoms with Crippen molar-refractivity contribution in [2.45, 2.75) is 6.61 Å². The third-order valence-electron chi connectivity index (χ3n) is 2.77. The molecule has 0 spiro atoms. The minimum Gasteiger partial charge on any atom is -0.487 e. The number of pyridine rings is 1. The molecule has 0 bridgehead atoms. The van der Waals surface area contributed by atoms with Gasteiger partial charge in [-0.05, 0) is 48.0 Å². The van der Waals surface area contributed by atoms with Crippen molar-refractivity contribution in [3.05, 3.63) is 64.7 Å². The summed E-state index contributed by atoms with van der Waals surface area (Å²) >= 11 is 11.9. The van der Waals surface area contributed by atoms with Crippen LogP contribution in [-0.2, 0) is 6.61 Å². The number of hydrogen-bond donors (Lipinski definition) is 0. The molecule has 0 aliphatic heterocycles. The van der Waals surface area contributed by atoms with Gasteiger partial charge < -0.3 is 4.74 Å². The Morgan fingerprint density at radius 2 is 1.84 bits per heavy atom. The van der Waals surface area contributed by atoms with Crippen molar-refractivity contribution in [2.24, 2.45) is 0 Å². The largest absolute Gasteiger partial charge is 0.487 e. The maximum Gasteiger partial charge on any atom is 0.207 e. The summed E-state index contributed by atoms with van der Waals surface area (Å²) in [6.45, 7) is 0.363. The molecule has 0 aliphatic carbocycles. The summed E-state index contributed by atoms with van der Waals surface area (Å²) in [5.41, 5.74) is 1.75.